The second kappa shape index (κ2) is 7.41. The molecule has 0 amide bonds. The topological polar surface area (TPSA) is 24.5 Å². The van der Waals surface area contributed by atoms with Crippen LogP contribution in [0.3, 0.4) is 0 Å². The molecule has 1 aliphatic heterocycles. The van der Waals surface area contributed by atoms with Gasteiger partial charge >= 0.3 is 0 Å². The number of hydrogen-bond acceptors (Lipinski definition) is 3. The number of rotatable bonds is 5. The molecule has 1 saturated heterocycles. The number of hydrogen-bond donors (Lipinski definition) is 1. The number of nitrogens with one attached hydrogen (secondary N) is 1. The van der Waals surface area contributed by atoms with Crippen LogP contribution < -0.4 is 5.32 Å². The van der Waals surface area contributed by atoms with E-state index in [0.717, 1.165) is 31.1 Å². The van der Waals surface area contributed by atoms with Crippen LogP contribution in [0.15, 0.2) is 24.3 Å². The van der Waals surface area contributed by atoms with E-state index in [-0.39, 0.29) is 0 Å². The largest absolute Gasteiger partial charge is 0.373 e. The van der Waals surface area contributed by atoms with E-state index in [1.165, 1.54) is 5.56 Å². The van der Waals surface area contributed by atoms with Crippen LogP contribution in [0.4, 0.5) is 0 Å². The molecule has 0 spiro atoms. The average molecular weight is 297 g/mol. The summed E-state index contributed by atoms with van der Waals surface area (Å²) in [6.07, 6.45) is 1.74. The van der Waals surface area contributed by atoms with Gasteiger partial charge in [-0.05, 0) is 45.0 Å². The summed E-state index contributed by atoms with van der Waals surface area (Å²) in [6.45, 7) is 7.42. The molecule has 4 heteroatoms. The fourth-order valence-electron chi connectivity index (χ4n) is 2.98. The van der Waals surface area contributed by atoms with Crippen LogP contribution in [0.25, 0.3) is 0 Å². The first-order chi connectivity index (χ1) is 9.58. The molecule has 1 heterocycles. The molecular weight excluding hydrogens is 272 g/mol. The van der Waals surface area contributed by atoms with Crippen LogP contribution in [0.1, 0.15) is 31.9 Å². The van der Waals surface area contributed by atoms with Crippen molar-refractivity contribution in [3.63, 3.8) is 0 Å². The molecule has 20 heavy (non-hydrogen) atoms. The zero-order valence-corrected chi connectivity index (χ0v) is 13.4. The monoisotopic (exact) mass is 296 g/mol. The van der Waals surface area contributed by atoms with E-state index in [1.807, 2.05) is 25.2 Å². The number of halogens is 1. The molecule has 2 rings (SSSR count). The first-order valence-electron chi connectivity index (χ1n) is 7.39. The minimum Gasteiger partial charge on any atom is -0.373 e. The zero-order chi connectivity index (χ0) is 14.5. The molecule has 0 radical (unpaired) electrons. The lowest BCUT2D eigenvalue weighted by Crippen LogP contribution is -2.46. The Kier molecular flexibility index (Phi) is 5.85. The molecular formula is C16H25ClN2O. The highest BCUT2D eigenvalue weighted by molar-refractivity contribution is 6.30. The maximum atomic E-state index is 6.08. The van der Waals surface area contributed by atoms with Crippen molar-refractivity contribution in [1.29, 1.82) is 0 Å². The normalized spacial score (nSPS) is 25.6. The molecule has 1 N–H and O–H groups in total. The Labute approximate surface area is 127 Å². The van der Waals surface area contributed by atoms with Crippen molar-refractivity contribution < 1.29 is 4.74 Å². The molecule has 3 nitrogen and oxygen atoms in total. The van der Waals surface area contributed by atoms with Gasteiger partial charge in [-0.25, -0.2) is 0 Å². The van der Waals surface area contributed by atoms with Crippen molar-refractivity contribution in [2.24, 2.45) is 0 Å². The summed E-state index contributed by atoms with van der Waals surface area (Å²) in [5.41, 5.74) is 1.26. The Morgan fingerprint density at radius 3 is 2.65 bits per heavy atom. The van der Waals surface area contributed by atoms with Crippen LogP contribution in [0.2, 0.25) is 5.02 Å². The third-order valence-corrected chi connectivity index (χ3v) is 4.06. The van der Waals surface area contributed by atoms with Gasteiger partial charge in [0.05, 0.1) is 12.2 Å². The first-order valence-corrected chi connectivity index (χ1v) is 7.77. The summed E-state index contributed by atoms with van der Waals surface area (Å²) in [6, 6.07) is 8.47. The minimum absolute atomic E-state index is 0.331. The summed E-state index contributed by atoms with van der Waals surface area (Å²) >= 11 is 6.08. The van der Waals surface area contributed by atoms with Gasteiger partial charge < -0.3 is 10.1 Å². The number of benzene rings is 1. The molecule has 0 saturated carbocycles. The lowest BCUT2D eigenvalue weighted by molar-refractivity contribution is -0.0685. The lowest BCUT2D eigenvalue weighted by Gasteiger charge is -2.36. The van der Waals surface area contributed by atoms with Gasteiger partial charge in [0.2, 0.25) is 0 Å². The van der Waals surface area contributed by atoms with Crippen LogP contribution in [-0.2, 0) is 4.74 Å². The SMILES string of the molecule is CNC(CCN1CC(C)OC(C)C1)c1cccc(Cl)c1. The maximum Gasteiger partial charge on any atom is 0.0678 e. The summed E-state index contributed by atoms with van der Waals surface area (Å²) in [4.78, 5) is 2.49. The predicted octanol–water partition coefficient (Wildman–Crippen LogP) is 3.10. The van der Waals surface area contributed by atoms with Gasteiger partial charge in [-0.2, -0.15) is 0 Å². The van der Waals surface area contributed by atoms with Gasteiger partial charge in [-0.3, -0.25) is 4.90 Å². The van der Waals surface area contributed by atoms with E-state index in [2.05, 4.69) is 30.1 Å². The highest BCUT2D eigenvalue weighted by atomic mass is 35.5. The van der Waals surface area contributed by atoms with Gasteiger partial charge in [0.1, 0.15) is 0 Å². The Bertz CT molecular complexity index is 417. The van der Waals surface area contributed by atoms with Crippen molar-refractivity contribution in [1.82, 2.24) is 10.2 Å². The summed E-state index contributed by atoms with van der Waals surface area (Å²) < 4.78 is 5.78. The Morgan fingerprint density at radius 2 is 2.05 bits per heavy atom. The molecule has 1 fully saturated rings. The molecule has 0 bridgehead atoms. The van der Waals surface area contributed by atoms with E-state index < -0.39 is 0 Å². The highest BCUT2D eigenvalue weighted by Gasteiger charge is 2.22. The summed E-state index contributed by atoms with van der Waals surface area (Å²) in [5.74, 6) is 0. The predicted molar refractivity (Wildman–Crippen MR) is 84.3 cm³/mol. The third-order valence-electron chi connectivity index (χ3n) is 3.83. The van der Waals surface area contributed by atoms with E-state index in [1.54, 1.807) is 0 Å². The van der Waals surface area contributed by atoms with Gasteiger partial charge in [0, 0.05) is 30.7 Å². The summed E-state index contributed by atoms with van der Waals surface area (Å²) in [7, 11) is 2.01. The molecule has 0 aromatic heterocycles. The molecule has 1 aliphatic rings. The van der Waals surface area contributed by atoms with Crippen LogP contribution in [-0.4, -0.2) is 43.8 Å². The zero-order valence-electron chi connectivity index (χ0n) is 12.6. The minimum atomic E-state index is 0.331. The van der Waals surface area contributed by atoms with Crippen LogP contribution in [0, 0.1) is 0 Å². The highest BCUT2D eigenvalue weighted by Crippen LogP contribution is 2.21. The molecule has 1 aromatic carbocycles. The Balaban J connectivity index is 1.90. The third kappa shape index (κ3) is 4.45. The number of morpholine rings is 1. The van der Waals surface area contributed by atoms with E-state index in [0.29, 0.717) is 18.2 Å². The molecule has 1 aromatic rings. The molecule has 3 unspecified atom stereocenters. The molecule has 0 aliphatic carbocycles. The second-order valence-corrected chi connectivity index (χ2v) is 6.14. The van der Waals surface area contributed by atoms with Gasteiger partial charge in [-0.15, -0.1) is 0 Å². The van der Waals surface area contributed by atoms with Crippen molar-refractivity contribution in [2.75, 3.05) is 26.7 Å². The average Bonchev–Trinajstić information content (AvgIpc) is 2.38. The molecule has 112 valence electrons. The van der Waals surface area contributed by atoms with E-state index in [4.69, 9.17) is 16.3 Å². The standard InChI is InChI=1S/C16H25ClN2O/c1-12-10-19(11-13(2)20-12)8-7-16(18-3)14-5-4-6-15(17)9-14/h4-6,9,12-13,16,18H,7-8,10-11H2,1-3H3. The van der Waals surface area contributed by atoms with E-state index >= 15 is 0 Å². The first kappa shape index (κ1) is 15.8. The van der Waals surface area contributed by atoms with Crippen LogP contribution >= 0.6 is 11.6 Å². The maximum absolute atomic E-state index is 6.08. The fraction of sp³-hybridized carbons (Fsp3) is 0.625. The number of nitrogens with zero attached hydrogens (tertiary/aromatic N) is 1. The fourth-order valence-corrected chi connectivity index (χ4v) is 3.18. The Morgan fingerprint density at radius 1 is 1.35 bits per heavy atom. The van der Waals surface area contributed by atoms with Gasteiger partial charge in [0.15, 0.2) is 0 Å². The molecule has 3 atom stereocenters. The van der Waals surface area contributed by atoms with Crippen molar-refractivity contribution in [2.45, 2.75) is 38.5 Å². The second-order valence-electron chi connectivity index (χ2n) is 5.70. The van der Waals surface area contributed by atoms with Crippen molar-refractivity contribution in [3.05, 3.63) is 34.9 Å². The van der Waals surface area contributed by atoms with Gasteiger partial charge in [0.25, 0.3) is 0 Å². The number of ether oxygens (including phenoxy) is 1. The Hall–Kier alpha value is -0.610. The smallest absolute Gasteiger partial charge is 0.0678 e. The summed E-state index contributed by atoms with van der Waals surface area (Å²) in [5, 5.41) is 4.19. The quantitative estimate of drug-likeness (QED) is 0.903. The van der Waals surface area contributed by atoms with Crippen molar-refractivity contribution >= 4 is 11.6 Å². The van der Waals surface area contributed by atoms with E-state index in [9.17, 15) is 0 Å². The van der Waals surface area contributed by atoms with Crippen molar-refractivity contribution in [3.8, 4) is 0 Å². The lowest BCUT2D eigenvalue weighted by atomic mass is 10.0. The van der Waals surface area contributed by atoms with Gasteiger partial charge in [-0.1, -0.05) is 23.7 Å². The van der Waals surface area contributed by atoms with Crippen LogP contribution in [0.5, 0.6) is 0 Å².